The Morgan fingerprint density at radius 2 is 1.74 bits per heavy atom. The van der Waals surface area contributed by atoms with Gasteiger partial charge in [-0.15, -0.1) is 0 Å². The smallest absolute Gasteiger partial charge is 0.00177 e. The zero-order valence-corrected chi connectivity index (χ0v) is 13.5. The van der Waals surface area contributed by atoms with Crippen molar-refractivity contribution in [1.82, 2.24) is 5.32 Å². The number of hydrogen-bond donors (Lipinski definition) is 1. The van der Waals surface area contributed by atoms with Crippen molar-refractivity contribution >= 4 is 0 Å². The number of rotatable bonds is 6. The summed E-state index contributed by atoms with van der Waals surface area (Å²) < 4.78 is 0. The normalized spacial score (nSPS) is 36.0. The Morgan fingerprint density at radius 3 is 2.37 bits per heavy atom. The lowest BCUT2D eigenvalue weighted by atomic mass is 9.72. The highest BCUT2D eigenvalue weighted by Gasteiger charge is 2.35. The van der Waals surface area contributed by atoms with Crippen LogP contribution >= 0.6 is 0 Å². The second-order valence-corrected chi connectivity index (χ2v) is 7.60. The van der Waals surface area contributed by atoms with Gasteiger partial charge in [0.15, 0.2) is 0 Å². The van der Waals surface area contributed by atoms with E-state index in [2.05, 4.69) is 26.1 Å². The summed E-state index contributed by atoms with van der Waals surface area (Å²) in [6, 6.07) is 0. The van der Waals surface area contributed by atoms with E-state index in [1.807, 2.05) is 0 Å². The average Bonchev–Trinajstić information content (AvgIpc) is 2.87. The monoisotopic (exact) mass is 265 g/mol. The highest BCUT2D eigenvalue weighted by Crippen LogP contribution is 2.44. The second kappa shape index (κ2) is 7.67. The first-order chi connectivity index (χ1) is 9.20. The molecule has 0 spiro atoms. The lowest BCUT2D eigenvalue weighted by Gasteiger charge is -2.35. The molecule has 112 valence electrons. The largest absolute Gasteiger partial charge is 0.316 e. The molecule has 0 saturated heterocycles. The topological polar surface area (TPSA) is 12.0 Å². The number of nitrogens with one attached hydrogen (secondary N) is 1. The Balaban J connectivity index is 1.75. The van der Waals surface area contributed by atoms with Crippen LogP contribution in [0.5, 0.6) is 0 Å². The fourth-order valence-electron chi connectivity index (χ4n) is 4.52. The van der Waals surface area contributed by atoms with Crippen molar-refractivity contribution in [3.63, 3.8) is 0 Å². The highest BCUT2D eigenvalue weighted by atomic mass is 14.9. The maximum atomic E-state index is 3.72. The number of hydrogen-bond acceptors (Lipinski definition) is 1. The molecule has 0 amide bonds. The van der Waals surface area contributed by atoms with E-state index in [1.165, 1.54) is 64.5 Å². The van der Waals surface area contributed by atoms with Crippen molar-refractivity contribution in [1.29, 1.82) is 0 Å². The van der Waals surface area contributed by atoms with Crippen LogP contribution in [0.1, 0.15) is 72.1 Å². The van der Waals surface area contributed by atoms with E-state index in [-0.39, 0.29) is 0 Å². The van der Waals surface area contributed by atoms with E-state index >= 15 is 0 Å². The average molecular weight is 265 g/mol. The van der Waals surface area contributed by atoms with Crippen LogP contribution in [0.15, 0.2) is 0 Å². The van der Waals surface area contributed by atoms with Gasteiger partial charge in [0.1, 0.15) is 0 Å². The Morgan fingerprint density at radius 1 is 1.00 bits per heavy atom. The third kappa shape index (κ3) is 4.48. The molecule has 0 bridgehead atoms. The Labute approximate surface area is 120 Å². The molecule has 19 heavy (non-hydrogen) atoms. The van der Waals surface area contributed by atoms with E-state index < -0.39 is 0 Å². The lowest BCUT2D eigenvalue weighted by Crippen LogP contribution is -2.32. The van der Waals surface area contributed by atoms with Gasteiger partial charge < -0.3 is 5.32 Å². The molecule has 0 aromatic heterocycles. The van der Waals surface area contributed by atoms with Gasteiger partial charge in [-0.2, -0.15) is 0 Å². The summed E-state index contributed by atoms with van der Waals surface area (Å²) in [6.07, 6.45) is 12.0. The predicted molar refractivity (Wildman–Crippen MR) is 84.3 cm³/mol. The first-order valence-electron chi connectivity index (χ1n) is 8.91. The summed E-state index contributed by atoms with van der Waals surface area (Å²) in [4.78, 5) is 0. The van der Waals surface area contributed by atoms with Crippen molar-refractivity contribution in [2.75, 3.05) is 13.1 Å². The van der Waals surface area contributed by atoms with Crippen molar-refractivity contribution in [2.45, 2.75) is 72.1 Å². The van der Waals surface area contributed by atoms with Crippen LogP contribution in [0.2, 0.25) is 0 Å². The van der Waals surface area contributed by atoms with E-state index in [4.69, 9.17) is 0 Å². The van der Waals surface area contributed by atoms with Gasteiger partial charge in [0.2, 0.25) is 0 Å². The quantitative estimate of drug-likeness (QED) is 0.723. The third-order valence-electron chi connectivity index (χ3n) is 5.75. The first kappa shape index (κ1) is 15.4. The summed E-state index contributed by atoms with van der Waals surface area (Å²) in [6.45, 7) is 9.48. The molecular weight excluding hydrogens is 230 g/mol. The third-order valence-corrected chi connectivity index (χ3v) is 5.75. The van der Waals surface area contributed by atoms with Crippen molar-refractivity contribution in [3.05, 3.63) is 0 Å². The molecule has 1 nitrogen and oxygen atoms in total. The molecule has 1 N–H and O–H groups in total. The van der Waals surface area contributed by atoms with Gasteiger partial charge >= 0.3 is 0 Å². The van der Waals surface area contributed by atoms with Gasteiger partial charge in [0.05, 0.1) is 0 Å². The van der Waals surface area contributed by atoms with Gasteiger partial charge in [-0.25, -0.2) is 0 Å². The lowest BCUT2D eigenvalue weighted by molar-refractivity contribution is 0.167. The van der Waals surface area contributed by atoms with Crippen LogP contribution in [-0.4, -0.2) is 13.1 Å². The van der Waals surface area contributed by atoms with Gasteiger partial charge in [-0.05, 0) is 68.4 Å². The summed E-state index contributed by atoms with van der Waals surface area (Å²) in [5.41, 5.74) is 0. The molecule has 2 fully saturated rings. The van der Waals surface area contributed by atoms with Crippen LogP contribution < -0.4 is 5.32 Å². The maximum absolute atomic E-state index is 3.72. The Hall–Kier alpha value is -0.0400. The standard InChI is InChI=1S/C18H35N/c1-4-15-8-10-16(11-9-15)18-7-5-6-17(18)13-19-12-14(2)3/h14-19H,4-13H2,1-3H3. The molecule has 2 aliphatic carbocycles. The van der Waals surface area contributed by atoms with Gasteiger partial charge in [0.25, 0.3) is 0 Å². The first-order valence-corrected chi connectivity index (χ1v) is 8.91. The van der Waals surface area contributed by atoms with Crippen molar-refractivity contribution in [3.8, 4) is 0 Å². The van der Waals surface area contributed by atoms with Gasteiger partial charge in [-0.3, -0.25) is 0 Å². The summed E-state index contributed by atoms with van der Waals surface area (Å²) in [5.74, 6) is 4.95. The van der Waals surface area contributed by atoms with E-state index in [0.717, 1.165) is 29.6 Å². The molecule has 2 rings (SSSR count). The van der Waals surface area contributed by atoms with Crippen LogP contribution in [-0.2, 0) is 0 Å². The van der Waals surface area contributed by atoms with Crippen molar-refractivity contribution in [2.24, 2.45) is 29.6 Å². The molecular formula is C18H35N. The van der Waals surface area contributed by atoms with E-state index in [0.29, 0.717) is 0 Å². The predicted octanol–water partition coefficient (Wildman–Crippen LogP) is 4.86. The van der Waals surface area contributed by atoms with Crippen LogP contribution in [0.3, 0.4) is 0 Å². The molecule has 0 heterocycles. The van der Waals surface area contributed by atoms with Crippen LogP contribution in [0.25, 0.3) is 0 Å². The molecule has 0 aromatic rings. The van der Waals surface area contributed by atoms with Crippen LogP contribution in [0.4, 0.5) is 0 Å². The molecule has 2 aliphatic rings. The van der Waals surface area contributed by atoms with E-state index in [9.17, 15) is 0 Å². The molecule has 2 atom stereocenters. The second-order valence-electron chi connectivity index (χ2n) is 7.60. The van der Waals surface area contributed by atoms with E-state index in [1.54, 1.807) is 0 Å². The zero-order chi connectivity index (χ0) is 13.7. The Kier molecular flexibility index (Phi) is 6.19. The summed E-state index contributed by atoms with van der Waals surface area (Å²) in [7, 11) is 0. The fourth-order valence-corrected chi connectivity index (χ4v) is 4.52. The molecule has 0 aliphatic heterocycles. The molecule has 1 heteroatoms. The van der Waals surface area contributed by atoms with Gasteiger partial charge in [0, 0.05) is 0 Å². The Bertz CT molecular complexity index is 240. The summed E-state index contributed by atoms with van der Waals surface area (Å²) in [5, 5.41) is 3.72. The minimum atomic E-state index is 0.792. The minimum absolute atomic E-state index is 0.792. The maximum Gasteiger partial charge on any atom is -0.00177 e. The molecule has 0 radical (unpaired) electrons. The van der Waals surface area contributed by atoms with Gasteiger partial charge in [-0.1, -0.05) is 46.5 Å². The van der Waals surface area contributed by atoms with Crippen molar-refractivity contribution < 1.29 is 0 Å². The molecule has 2 unspecified atom stereocenters. The summed E-state index contributed by atoms with van der Waals surface area (Å²) >= 11 is 0. The molecule has 2 saturated carbocycles. The fraction of sp³-hybridized carbons (Fsp3) is 1.00. The highest BCUT2D eigenvalue weighted by molar-refractivity contribution is 4.86. The minimum Gasteiger partial charge on any atom is -0.316 e. The SMILES string of the molecule is CCC1CCC(C2CCCC2CNCC(C)C)CC1. The molecule has 0 aromatic carbocycles. The van der Waals surface area contributed by atoms with Crippen LogP contribution in [0, 0.1) is 29.6 Å². The zero-order valence-electron chi connectivity index (χ0n) is 13.5.